The van der Waals surface area contributed by atoms with Crippen LogP contribution in [-0.2, 0) is 26.0 Å². The molecule has 1 saturated heterocycles. The highest BCUT2D eigenvalue weighted by molar-refractivity contribution is 7.92. The van der Waals surface area contributed by atoms with Crippen LogP contribution in [0, 0.1) is 12.7 Å². The van der Waals surface area contributed by atoms with Gasteiger partial charge in [-0.3, -0.25) is 9.52 Å². The SMILES string of the molecule is Cc1ccc(CCC(=O)C(C)c2ccc(NS(C)(=O)=O)c(F)c2)c(OC2CCN(C(=O)OC(C)(C)C)CC2)n1. The summed E-state index contributed by atoms with van der Waals surface area (Å²) in [6.07, 6.45) is 2.37. The van der Waals surface area contributed by atoms with Crippen molar-refractivity contribution in [1.82, 2.24) is 9.88 Å². The van der Waals surface area contributed by atoms with Crippen LogP contribution in [0.2, 0.25) is 0 Å². The number of nitrogens with one attached hydrogen (secondary N) is 1. The fourth-order valence-corrected chi connectivity index (χ4v) is 4.80. The molecule has 1 N–H and O–H groups in total. The summed E-state index contributed by atoms with van der Waals surface area (Å²) in [5.74, 6) is -0.927. The van der Waals surface area contributed by atoms with Crippen molar-refractivity contribution < 1.29 is 31.9 Å². The molecule has 0 radical (unpaired) electrons. The molecule has 1 amide bonds. The summed E-state index contributed by atoms with van der Waals surface area (Å²) < 4.78 is 51.0. The number of rotatable bonds is 9. The molecule has 1 unspecified atom stereocenters. The fourth-order valence-electron chi connectivity index (χ4n) is 4.24. The van der Waals surface area contributed by atoms with Crippen LogP contribution >= 0.6 is 0 Å². The molecule has 0 bridgehead atoms. The Bertz CT molecular complexity index is 1300. The van der Waals surface area contributed by atoms with E-state index in [4.69, 9.17) is 9.47 Å². The number of sulfonamides is 1. The number of hydrogen-bond acceptors (Lipinski definition) is 7. The van der Waals surface area contributed by atoms with E-state index in [9.17, 15) is 22.4 Å². The summed E-state index contributed by atoms with van der Waals surface area (Å²) in [7, 11) is -3.62. The van der Waals surface area contributed by atoms with E-state index in [1.54, 1.807) is 17.9 Å². The number of aromatic nitrogens is 1. The molecule has 39 heavy (non-hydrogen) atoms. The molecule has 1 aliphatic heterocycles. The second-order valence-corrected chi connectivity index (χ2v) is 12.8. The lowest BCUT2D eigenvalue weighted by Gasteiger charge is -2.33. The molecule has 1 aliphatic rings. The minimum absolute atomic E-state index is 0.0876. The van der Waals surface area contributed by atoms with Crippen LogP contribution in [0.5, 0.6) is 5.88 Å². The number of benzene rings is 1. The van der Waals surface area contributed by atoms with Crippen LogP contribution in [0.1, 0.15) is 69.7 Å². The van der Waals surface area contributed by atoms with E-state index in [-0.39, 0.29) is 30.1 Å². The Morgan fingerprint density at radius 2 is 1.85 bits per heavy atom. The Balaban J connectivity index is 1.60. The number of halogens is 1. The Morgan fingerprint density at radius 3 is 2.44 bits per heavy atom. The normalized spacial score (nSPS) is 15.5. The molecule has 1 aromatic carbocycles. The van der Waals surface area contributed by atoms with E-state index in [2.05, 4.69) is 9.71 Å². The van der Waals surface area contributed by atoms with Gasteiger partial charge in [0.2, 0.25) is 15.9 Å². The predicted molar refractivity (Wildman–Crippen MR) is 147 cm³/mol. The molecule has 0 saturated carbocycles. The van der Waals surface area contributed by atoms with Crippen LogP contribution in [0.4, 0.5) is 14.9 Å². The molecule has 1 aromatic heterocycles. The zero-order valence-electron chi connectivity index (χ0n) is 23.4. The lowest BCUT2D eigenvalue weighted by atomic mass is 9.93. The number of amides is 1. The molecule has 0 spiro atoms. The Hall–Kier alpha value is -3.21. The third kappa shape index (κ3) is 9.19. The number of Topliss-reactive ketones (excluding diaryl/α,β-unsaturated/α-hetero) is 1. The first kappa shape index (κ1) is 30.3. The molecule has 0 aliphatic carbocycles. The van der Waals surface area contributed by atoms with E-state index in [1.165, 1.54) is 12.1 Å². The minimum Gasteiger partial charge on any atom is -0.474 e. The molecule has 214 valence electrons. The first-order valence-corrected chi connectivity index (χ1v) is 14.9. The van der Waals surface area contributed by atoms with Crippen molar-refractivity contribution in [3.8, 4) is 5.88 Å². The van der Waals surface area contributed by atoms with Crippen LogP contribution in [0.15, 0.2) is 30.3 Å². The molecule has 1 atom stereocenters. The van der Waals surface area contributed by atoms with E-state index in [1.807, 2.05) is 39.8 Å². The van der Waals surface area contributed by atoms with E-state index in [0.29, 0.717) is 43.8 Å². The highest BCUT2D eigenvalue weighted by Crippen LogP contribution is 2.27. The van der Waals surface area contributed by atoms with Gasteiger partial charge in [0, 0.05) is 49.5 Å². The van der Waals surface area contributed by atoms with Crippen molar-refractivity contribution >= 4 is 27.6 Å². The average molecular weight is 564 g/mol. The summed E-state index contributed by atoms with van der Waals surface area (Å²) in [5, 5.41) is 0. The fraction of sp³-hybridized carbons (Fsp3) is 0.536. The molecule has 2 aromatic rings. The lowest BCUT2D eigenvalue weighted by Crippen LogP contribution is -2.44. The van der Waals surface area contributed by atoms with Crippen molar-refractivity contribution in [2.75, 3.05) is 24.1 Å². The maximum atomic E-state index is 14.4. The number of carbonyl (C=O) groups is 2. The standard InChI is InChI=1S/C28H38FN3O6S/c1-18-7-8-20(26(30-18)37-22-13-15-32(16-14-22)27(34)38-28(3,4)5)10-12-25(33)19(2)21-9-11-24(23(29)17-21)31-39(6,35)36/h7-9,11,17,19,22,31H,10,12-16H2,1-6H3. The van der Waals surface area contributed by atoms with Crippen molar-refractivity contribution in [3.05, 3.63) is 53.0 Å². The van der Waals surface area contributed by atoms with Gasteiger partial charge in [0.15, 0.2) is 0 Å². The number of carbonyl (C=O) groups excluding carboxylic acids is 2. The quantitative estimate of drug-likeness (QED) is 0.457. The number of aryl methyl sites for hydroxylation is 2. The zero-order chi connectivity index (χ0) is 29.0. The molecule has 2 heterocycles. The summed E-state index contributed by atoms with van der Waals surface area (Å²) in [6.45, 7) is 10.1. The number of nitrogens with zero attached hydrogens (tertiary/aromatic N) is 2. The van der Waals surface area contributed by atoms with Crippen LogP contribution in [-0.4, -0.2) is 61.2 Å². The number of ether oxygens (including phenoxy) is 2. The highest BCUT2D eigenvalue weighted by Gasteiger charge is 2.28. The first-order valence-electron chi connectivity index (χ1n) is 13.0. The Labute approximate surface area is 230 Å². The summed E-state index contributed by atoms with van der Waals surface area (Å²) in [6, 6.07) is 7.81. The number of ketones is 1. The second kappa shape index (κ2) is 12.3. The summed E-state index contributed by atoms with van der Waals surface area (Å²) in [4.78, 5) is 31.5. The number of hydrogen-bond donors (Lipinski definition) is 1. The Kier molecular flexibility index (Phi) is 9.58. The molecule has 3 rings (SSSR count). The lowest BCUT2D eigenvalue weighted by molar-refractivity contribution is -0.120. The molecule has 11 heteroatoms. The summed E-state index contributed by atoms with van der Waals surface area (Å²) >= 11 is 0. The van der Waals surface area contributed by atoms with E-state index in [0.717, 1.165) is 17.5 Å². The van der Waals surface area contributed by atoms with Gasteiger partial charge >= 0.3 is 6.09 Å². The maximum absolute atomic E-state index is 14.4. The van der Waals surface area contributed by atoms with Gasteiger partial charge in [-0.15, -0.1) is 0 Å². The molecule has 9 nitrogen and oxygen atoms in total. The van der Waals surface area contributed by atoms with Gasteiger partial charge in [-0.2, -0.15) is 0 Å². The monoisotopic (exact) mass is 563 g/mol. The number of pyridine rings is 1. The predicted octanol–water partition coefficient (Wildman–Crippen LogP) is 4.98. The molecular weight excluding hydrogens is 525 g/mol. The first-order chi connectivity index (χ1) is 18.1. The van der Waals surface area contributed by atoms with Gasteiger partial charge in [-0.25, -0.2) is 22.6 Å². The van der Waals surface area contributed by atoms with Crippen molar-refractivity contribution in [3.63, 3.8) is 0 Å². The summed E-state index contributed by atoms with van der Waals surface area (Å²) in [5.41, 5.74) is 1.34. The van der Waals surface area contributed by atoms with Crippen molar-refractivity contribution in [2.45, 2.75) is 77.9 Å². The van der Waals surface area contributed by atoms with E-state index >= 15 is 0 Å². The van der Waals surface area contributed by atoms with Gasteiger partial charge in [0.1, 0.15) is 23.3 Å². The highest BCUT2D eigenvalue weighted by atomic mass is 32.2. The number of anilines is 1. The minimum atomic E-state index is -3.62. The largest absolute Gasteiger partial charge is 0.474 e. The average Bonchev–Trinajstić information content (AvgIpc) is 2.82. The number of likely N-dealkylation sites (tertiary alicyclic amines) is 1. The van der Waals surface area contributed by atoms with Gasteiger partial charge in [0.05, 0.1) is 11.9 Å². The zero-order valence-corrected chi connectivity index (χ0v) is 24.2. The van der Waals surface area contributed by atoms with Crippen molar-refractivity contribution in [2.24, 2.45) is 0 Å². The van der Waals surface area contributed by atoms with Crippen LogP contribution < -0.4 is 9.46 Å². The topological polar surface area (TPSA) is 115 Å². The van der Waals surface area contributed by atoms with E-state index < -0.39 is 27.4 Å². The van der Waals surface area contributed by atoms with Gasteiger partial charge < -0.3 is 14.4 Å². The number of piperidine rings is 1. The van der Waals surface area contributed by atoms with Gasteiger partial charge in [-0.05, 0) is 57.9 Å². The third-order valence-electron chi connectivity index (χ3n) is 6.36. The molecular formula is C28H38FN3O6S. The second-order valence-electron chi connectivity index (χ2n) is 11.0. The van der Waals surface area contributed by atoms with Crippen LogP contribution in [0.25, 0.3) is 0 Å². The maximum Gasteiger partial charge on any atom is 0.410 e. The van der Waals surface area contributed by atoms with Crippen molar-refractivity contribution in [1.29, 1.82) is 0 Å². The van der Waals surface area contributed by atoms with Gasteiger partial charge in [0.25, 0.3) is 0 Å². The molecule has 1 fully saturated rings. The van der Waals surface area contributed by atoms with Gasteiger partial charge in [-0.1, -0.05) is 19.1 Å². The Morgan fingerprint density at radius 1 is 1.18 bits per heavy atom. The third-order valence-corrected chi connectivity index (χ3v) is 6.95. The van der Waals surface area contributed by atoms with Crippen LogP contribution in [0.3, 0.4) is 0 Å². The smallest absolute Gasteiger partial charge is 0.410 e.